The van der Waals surface area contributed by atoms with E-state index in [0.717, 1.165) is 5.56 Å². The van der Waals surface area contributed by atoms with Crippen molar-refractivity contribution >= 4 is 35.6 Å². The predicted octanol–water partition coefficient (Wildman–Crippen LogP) is 2.88. The van der Waals surface area contributed by atoms with E-state index in [-0.39, 0.29) is 5.97 Å². The van der Waals surface area contributed by atoms with Gasteiger partial charge in [-0.3, -0.25) is 0 Å². The van der Waals surface area contributed by atoms with Gasteiger partial charge in [0.1, 0.15) is 0 Å². The fourth-order valence-electron chi connectivity index (χ4n) is 0.986. The van der Waals surface area contributed by atoms with Gasteiger partial charge in [0.15, 0.2) is 0 Å². The normalized spacial score (nSPS) is 10.1. The van der Waals surface area contributed by atoms with Gasteiger partial charge in [0.25, 0.3) is 0 Å². The van der Waals surface area contributed by atoms with Crippen LogP contribution in [0.1, 0.15) is 22.8 Å². The van der Waals surface area contributed by atoms with Crippen LogP contribution in [-0.2, 0) is 13.0 Å². The van der Waals surface area contributed by atoms with E-state index < -0.39 is 8.26 Å². The molecule has 0 aliphatic rings. The summed E-state index contributed by atoms with van der Waals surface area (Å²) in [5.74, 6) is -0.249. The molecule has 0 spiro atoms. The van der Waals surface area contributed by atoms with Crippen LogP contribution >= 0.6 is 21.4 Å². The molecule has 0 heterocycles. The van der Waals surface area contributed by atoms with Gasteiger partial charge in [0.05, 0.1) is 12.2 Å². The summed E-state index contributed by atoms with van der Waals surface area (Å²) in [4.78, 5) is 11.2. The molecule has 0 N–H and O–H groups in total. The Balaban J connectivity index is 0.000000437. The molecule has 0 aliphatic heterocycles. The number of carbonyl (C=O) groups is 1. The molecule has 0 atom stereocenters. The van der Waals surface area contributed by atoms with Gasteiger partial charge in [0.2, 0.25) is 0 Å². The van der Waals surface area contributed by atoms with Crippen molar-refractivity contribution < 1.29 is 17.9 Å². The van der Waals surface area contributed by atoms with Gasteiger partial charge >= 0.3 is 14.2 Å². The van der Waals surface area contributed by atoms with E-state index in [1.807, 2.05) is 25.1 Å². The first-order chi connectivity index (χ1) is 7.74. The molecule has 0 fully saturated rings. The van der Waals surface area contributed by atoms with Gasteiger partial charge in [-0.15, -0.1) is 0 Å². The van der Waals surface area contributed by atoms with Crippen LogP contribution in [0.25, 0.3) is 0 Å². The highest BCUT2D eigenvalue weighted by Gasteiger charge is 2.04. The van der Waals surface area contributed by atoms with Crippen molar-refractivity contribution in [2.24, 2.45) is 0 Å². The molecule has 1 rings (SSSR count). The summed E-state index contributed by atoms with van der Waals surface area (Å²) in [5, 5.41) is 0. The zero-order valence-corrected chi connectivity index (χ0v) is 11.6. The maximum atomic E-state index is 11.2. The topological polar surface area (TPSA) is 60.4 Å². The quantitative estimate of drug-likeness (QED) is 0.622. The van der Waals surface area contributed by atoms with Gasteiger partial charge in [-0.1, -0.05) is 17.7 Å². The van der Waals surface area contributed by atoms with E-state index in [2.05, 4.69) is 21.4 Å². The fourth-order valence-corrected chi connectivity index (χ4v) is 0.986. The molecule has 1 aromatic carbocycles. The Bertz CT molecular complexity index is 463. The number of halogens is 2. The number of benzene rings is 1. The Morgan fingerprint density at radius 3 is 2.29 bits per heavy atom. The molecule has 0 aliphatic carbocycles. The third-order valence-corrected chi connectivity index (χ3v) is 1.53. The molecule has 1 aromatic rings. The lowest BCUT2D eigenvalue weighted by Crippen LogP contribution is -2.04. The number of carbonyl (C=O) groups excluding carboxylic acids is 1. The highest BCUT2D eigenvalue weighted by molar-refractivity contribution is 8.31. The number of esters is 1. The van der Waals surface area contributed by atoms with Crippen LogP contribution in [0.2, 0.25) is 0 Å². The van der Waals surface area contributed by atoms with Gasteiger partial charge in [-0.25, -0.2) is 4.79 Å². The summed E-state index contributed by atoms with van der Waals surface area (Å²) in [6, 6.07) is 7.37. The van der Waals surface area contributed by atoms with Gasteiger partial charge in [-0.05, 0) is 26.0 Å². The molecule has 0 bridgehead atoms. The minimum atomic E-state index is -3.72. The third-order valence-electron chi connectivity index (χ3n) is 1.53. The Labute approximate surface area is 109 Å². The first kappa shape index (κ1) is 16.2. The zero-order valence-electron chi connectivity index (χ0n) is 9.31. The summed E-state index contributed by atoms with van der Waals surface area (Å²) in [6.45, 7) is 4.17. The van der Waals surface area contributed by atoms with E-state index in [1.54, 1.807) is 13.0 Å². The van der Waals surface area contributed by atoms with Crippen LogP contribution in [0.5, 0.6) is 0 Å². The second-order valence-electron chi connectivity index (χ2n) is 2.97. The van der Waals surface area contributed by atoms with Crippen LogP contribution < -0.4 is 0 Å². The maximum Gasteiger partial charge on any atom is 0.338 e. The standard InChI is InChI=1S/C10H12O2.Cl2O2S/c1-3-12-10(11)9-6-4-5-8(2)7-9;1-5(2,3)4/h4-7H,3H2,1-2H3;. The highest BCUT2D eigenvalue weighted by atomic mass is 36.0. The van der Waals surface area contributed by atoms with E-state index in [9.17, 15) is 4.79 Å². The Hall–Kier alpha value is -0.780. The smallest absolute Gasteiger partial charge is 0.338 e. The molecule has 0 saturated heterocycles. The number of ether oxygens (including phenoxy) is 1. The van der Waals surface area contributed by atoms with Crippen molar-refractivity contribution in [2.75, 3.05) is 6.61 Å². The molecule has 0 saturated carbocycles. The van der Waals surface area contributed by atoms with Crippen LogP contribution in [0.15, 0.2) is 24.3 Å². The van der Waals surface area contributed by atoms with Gasteiger partial charge < -0.3 is 4.74 Å². The lowest BCUT2D eigenvalue weighted by Gasteiger charge is -2.01. The zero-order chi connectivity index (χ0) is 13.5. The van der Waals surface area contributed by atoms with Crippen molar-refractivity contribution in [3.05, 3.63) is 35.4 Å². The highest BCUT2D eigenvalue weighted by Crippen LogP contribution is 2.05. The number of hydrogen-bond donors (Lipinski definition) is 0. The van der Waals surface area contributed by atoms with E-state index in [1.165, 1.54) is 0 Å². The van der Waals surface area contributed by atoms with Crippen LogP contribution in [0.4, 0.5) is 0 Å². The van der Waals surface area contributed by atoms with Gasteiger partial charge in [0, 0.05) is 21.4 Å². The monoisotopic (exact) mass is 298 g/mol. The minimum absolute atomic E-state index is 0.249. The second-order valence-corrected chi connectivity index (χ2v) is 6.64. The molecule has 0 unspecified atom stereocenters. The minimum Gasteiger partial charge on any atom is -0.462 e. The molecular formula is C10H12Cl2O4S. The second kappa shape index (κ2) is 7.53. The molecule has 4 nitrogen and oxygen atoms in total. The fraction of sp³-hybridized carbons (Fsp3) is 0.300. The Morgan fingerprint density at radius 1 is 1.35 bits per heavy atom. The van der Waals surface area contributed by atoms with Crippen molar-refractivity contribution in [1.29, 1.82) is 0 Å². The van der Waals surface area contributed by atoms with E-state index >= 15 is 0 Å². The molecule has 0 amide bonds. The summed E-state index contributed by atoms with van der Waals surface area (Å²) in [7, 11) is 4.81. The lowest BCUT2D eigenvalue weighted by atomic mass is 10.1. The Kier molecular flexibility index (Phi) is 7.18. The van der Waals surface area contributed by atoms with Crippen molar-refractivity contribution in [1.82, 2.24) is 0 Å². The molecule has 0 radical (unpaired) electrons. The Morgan fingerprint density at radius 2 is 1.88 bits per heavy atom. The van der Waals surface area contributed by atoms with Crippen LogP contribution in [0, 0.1) is 6.92 Å². The number of hydrogen-bond acceptors (Lipinski definition) is 4. The molecule has 96 valence electrons. The molecule has 17 heavy (non-hydrogen) atoms. The van der Waals surface area contributed by atoms with Crippen LogP contribution in [0.3, 0.4) is 0 Å². The molecular weight excluding hydrogens is 287 g/mol. The van der Waals surface area contributed by atoms with Gasteiger partial charge in [-0.2, -0.15) is 8.42 Å². The van der Waals surface area contributed by atoms with E-state index in [0.29, 0.717) is 12.2 Å². The summed E-state index contributed by atoms with van der Waals surface area (Å²) in [5.41, 5.74) is 1.69. The number of aryl methyl sites for hydroxylation is 1. The molecule has 0 aromatic heterocycles. The average molecular weight is 299 g/mol. The van der Waals surface area contributed by atoms with E-state index in [4.69, 9.17) is 13.2 Å². The summed E-state index contributed by atoms with van der Waals surface area (Å²) >= 11 is 0. The van der Waals surface area contributed by atoms with Crippen molar-refractivity contribution in [3.8, 4) is 0 Å². The first-order valence-electron chi connectivity index (χ1n) is 4.62. The average Bonchev–Trinajstić information content (AvgIpc) is 2.15. The summed E-state index contributed by atoms with van der Waals surface area (Å²) < 4.78 is 23.2. The number of rotatable bonds is 2. The predicted molar refractivity (Wildman–Crippen MR) is 67.8 cm³/mol. The van der Waals surface area contributed by atoms with Crippen molar-refractivity contribution in [3.63, 3.8) is 0 Å². The lowest BCUT2D eigenvalue weighted by molar-refractivity contribution is 0.0526. The first-order valence-corrected chi connectivity index (χ1v) is 7.75. The maximum absolute atomic E-state index is 11.2. The SMILES string of the molecule is CCOC(=O)c1cccc(C)c1.O=S(=O)(Cl)Cl. The third kappa shape index (κ3) is 10.1. The van der Waals surface area contributed by atoms with Crippen molar-refractivity contribution in [2.45, 2.75) is 13.8 Å². The summed E-state index contributed by atoms with van der Waals surface area (Å²) in [6.07, 6.45) is 0. The largest absolute Gasteiger partial charge is 0.462 e. The molecule has 7 heteroatoms. The van der Waals surface area contributed by atoms with Crippen LogP contribution in [-0.4, -0.2) is 21.0 Å².